The maximum atomic E-state index is 14.2. The zero-order chi connectivity index (χ0) is 18.3. The van der Waals surface area contributed by atoms with Gasteiger partial charge in [-0.25, -0.2) is 13.8 Å². The van der Waals surface area contributed by atoms with E-state index in [2.05, 4.69) is 11.1 Å². The average Bonchev–Trinajstić information content (AvgIpc) is 3.09. The molecule has 0 atom stereocenters. The largest absolute Gasteiger partial charge is 0.297 e. The van der Waals surface area contributed by atoms with E-state index in [4.69, 9.17) is 11.6 Å². The number of hydrogen-bond donors (Lipinski definition) is 0. The predicted molar refractivity (Wildman–Crippen MR) is 95.7 cm³/mol. The van der Waals surface area contributed by atoms with E-state index in [1.54, 1.807) is 42.6 Å². The Morgan fingerprint density at radius 3 is 2.46 bits per heavy atom. The Kier molecular flexibility index (Phi) is 3.90. The molecule has 3 nitrogen and oxygen atoms in total. The molecular formula is C20H10ClF2N3. The van der Waals surface area contributed by atoms with Gasteiger partial charge in [0.2, 0.25) is 0 Å². The molecule has 2 aromatic carbocycles. The Hall–Kier alpha value is -3.23. The number of hydrogen-bond acceptors (Lipinski definition) is 2. The van der Waals surface area contributed by atoms with Gasteiger partial charge in [-0.3, -0.25) is 4.40 Å². The Labute approximate surface area is 152 Å². The van der Waals surface area contributed by atoms with Crippen LogP contribution in [0, 0.1) is 23.0 Å². The zero-order valence-corrected chi connectivity index (χ0v) is 14.0. The number of pyridine rings is 1. The minimum Gasteiger partial charge on any atom is -0.297 e. The summed E-state index contributed by atoms with van der Waals surface area (Å²) in [6.45, 7) is 0. The number of rotatable bonds is 2. The molecule has 0 spiro atoms. The van der Waals surface area contributed by atoms with Gasteiger partial charge in [0.25, 0.3) is 0 Å². The quantitative estimate of drug-likeness (QED) is 0.472. The van der Waals surface area contributed by atoms with Crippen molar-refractivity contribution < 1.29 is 8.78 Å². The molecule has 6 heteroatoms. The van der Waals surface area contributed by atoms with Gasteiger partial charge in [0.1, 0.15) is 11.9 Å². The molecule has 0 saturated heterocycles. The third-order valence-corrected chi connectivity index (χ3v) is 4.48. The van der Waals surface area contributed by atoms with Crippen LogP contribution in [0.25, 0.3) is 28.0 Å². The fourth-order valence-electron chi connectivity index (χ4n) is 2.98. The van der Waals surface area contributed by atoms with Gasteiger partial charge in [-0.2, -0.15) is 5.26 Å². The van der Waals surface area contributed by atoms with E-state index in [0.717, 1.165) is 0 Å². The average molecular weight is 366 g/mol. The molecule has 4 rings (SSSR count). The van der Waals surface area contributed by atoms with E-state index >= 15 is 0 Å². The molecule has 2 aromatic heterocycles. The normalized spacial score (nSPS) is 10.8. The molecule has 0 radical (unpaired) electrons. The van der Waals surface area contributed by atoms with Gasteiger partial charge in [-0.15, -0.1) is 0 Å². The van der Waals surface area contributed by atoms with Gasteiger partial charge in [-0.05, 0) is 12.1 Å². The highest BCUT2D eigenvalue weighted by Crippen LogP contribution is 2.34. The first-order valence-electron chi connectivity index (χ1n) is 7.71. The molecule has 0 aliphatic rings. The first-order chi connectivity index (χ1) is 12.6. The van der Waals surface area contributed by atoms with Crippen molar-refractivity contribution in [1.29, 1.82) is 5.26 Å². The van der Waals surface area contributed by atoms with Crippen molar-refractivity contribution in [3.63, 3.8) is 0 Å². The van der Waals surface area contributed by atoms with Crippen molar-refractivity contribution in [2.45, 2.75) is 0 Å². The zero-order valence-electron chi connectivity index (χ0n) is 13.2. The van der Waals surface area contributed by atoms with Gasteiger partial charge in [0.15, 0.2) is 11.5 Å². The minimum atomic E-state index is -0.635. The number of aromatic nitrogens is 2. The summed E-state index contributed by atoms with van der Waals surface area (Å²) in [7, 11) is 0. The lowest BCUT2D eigenvalue weighted by molar-refractivity contribution is 0.630. The molecule has 2 heterocycles. The van der Waals surface area contributed by atoms with Crippen LogP contribution in [-0.2, 0) is 0 Å². The number of benzene rings is 2. The molecule has 0 fully saturated rings. The summed E-state index contributed by atoms with van der Waals surface area (Å²) in [5, 5.41) is 9.69. The van der Waals surface area contributed by atoms with Crippen LogP contribution in [0.15, 0.2) is 60.9 Å². The van der Waals surface area contributed by atoms with Crippen molar-refractivity contribution in [2.75, 3.05) is 0 Å². The first kappa shape index (κ1) is 16.2. The van der Waals surface area contributed by atoms with Crippen LogP contribution in [0.4, 0.5) is 8.78 Å². The molecule has 0 aliphatic heterocycles. The van der Waals surface area contributed by atoms with Crippen molar-refractivity contribution in [3.8, 4) is 28.5 Å². The lowest BCUT2D eigenvalue weighted by atomic mass is 9.94. The van der Waals surface area contributed by atoms with Gasteiger partial charge in [0.05, 0.1) is 22.5 Å². The number of halogens is 3. The third-order valence-electron chi connectivity index (χ3n) is 4.19. The lowest BCUT2D eigenvalue weighted by Crippen LogP contribution is -1.96. The second kappa shape index (κ2) is 6.25. The van der Waals surface area contributed by atoms with E-state index in [0.29, 0.717) is 22.4 Å². The van der Waals surface area contributed by atoms with Crippen molar-refractivity contribution >= 4 is 17.2 Å². The monoisotopic (exact) mass is 365 g/mol. The predicted octanol–water partition coefficient (Wildman–Crippen LogP) is 5.47. The van der Waals surface area contributed by atoms with Crippen molar-refractivity contribution in [1.82, 2.24) is 9.38 Å². The van der Waals surface area contributed by atoms with E-state index < -0.39 is 11.6 Å². The van der Waals surface area contributed by atoms with E-state index in [1.807, 2.05) is 0 Å². The van der Waals surface area contributed by atoms with Crippen LogP contribution in [0.2, 0.25) is 5.02 Å². The highest BCUT2D eigenvalue weighted by Gasteiger charge is 2.18. The molecule has 0 N–H and O–H groups in total. The Bertz CT molecular complexity index is 1190. The molecule has 0 bridgehead atoms. The highest BCUT2D eigenvalue weighted by molar-refractivity contribution is 6.31. The summed E-state index contributed by atoms with van der Waals surface area (Å²) in [6, 6.07) is 14.9. The summed E-state index contributed by atoms with van der Waals surface area (Å²) in [5.74, 6) is -1.05. The Morgan fingerprint density at radius 2 is 1.69 bits per heavy atom. The van der Waals surface area contributed by atoms with Crippen LogP contribution in [-0.4, -0.2) is 9.38 Å². The van der Waals surface area contributed by atoms with Gasteiger partial charge >= 0.3 is 0 Å². The number of fused-ring (bicyclic) bond motifs is 1. The summed E-state index contributed by atoms with van der Waals surface area (Å²) in [6.07, 6.45) is 3.05. The molecule has 4 aromatic rings. The van der Waals surface area contributed by atoms with Crippen LogP contribution < -0.4 is 0 Å². The van der Waals surface area contributed by atoms with Crippen LogP contribution in [0.3, 0.4) is 0 Å². The highest BCUT2D eigenvalue weighted by atomic mass is 35.5. The fraction of sp³-hybridized carbons (Fsp3) is 0. The third kappa shape index (κ3) is 2.43. The second-order valence-corrected chi connectivity index (χ2v) is 6.04. The van der Waals surface area contributed by atoms with Gasteiger partial charge in [0, 0.05) is 22.9 Å². The molecule has 0 aliphatic carbocycles. The van der Waals surface area contributed by atoms with Crippen LogP contribution in [0.1, 0.15) is 5.56 Å². The van der Waals surface area contributed by atoms with Gasteiger partial charge in [-0.1, -0.05) is 48.0 Å². The SMILES string of the molecule is N#Cc1c(-c2ccccc2F)cccc1-c1cnc2c(F)c(Cl)ccn12. The molecule has 126 valence electrons. The lowest BCUT2D eigenvalue weighted by Gasteiger charge is -2.10. The Morgan fingerprint density at radius 1 is 0.962 bits per heavy atom. The maximum Gasteiger partial charge on any atom is 0.184 e. The summed E-state index contributed by atoms with van der Waals surface area (Å²) in [5.41, 5.74) is 2.19. The number of nitriles is 1. The summed E-state index contributed by atoms with van der Waals surface area (Å²) < 4.78 is 29.9. The molecule has 0 amide bonds. The summed E-state index contributed by atoms with van der Waals surface area (Å²) >= 11 is 5.80. The molecule has 0 unspecified atom stereocenters. The topological polar surface area (TPSA) is 41.1 Å². The van der Waals surface area contributed by atoms with Gasteiger partial charge < -0.3 is 0 Å². The molecule has 0 saturated carbocycles. The van der Waals surface area contributed by atoms with E-state index in [-0.39, 0.29) is 16.2 Å². The van der Waals surface area contributed by atoms with Crippen LogP contribution in [0.5, 0.6) is 0 Å². The van der Waals surface area contributed by atoms with Crippen LogP contribution >= 0.6 is 11.6 Å². The maximum absolute atomic E-state index is 14.2. The minimum absolute atomic E-state index is 0.0322. The molecular weight excluding hydrogens is 356 g/mol. The number of imidazole rings is 1. The molecule has 26 heavy (non-hydrogen) atoms. The standard InChI is InChI=1S/C20H10ClF2N3/c21-16-8-9-26-18(11-25-20(26)19(16)23)14-6-3-5-12(15(14)10-24)13-4-1-2-7-17(13)22/h1-9,11H. The van der Waals surface area contributed by atoms with E-state index in [9.17, 15) is 14.0 Å². The first-order valence-corrected chi connectivity index (χ1v) is 8.09. The van der Waals surface area contributed by atoms with Crippen molar-refractivity contribution in [3.05, 3.63) is 83.1 Å². The fourth-order valence-corrected chi connectivity index (χ4v) is 3.12. The Balaban J connectivity index is 2.00. The number of nitrogens with zero attached hydrogens (tertiary/aromatic N) is 3. The second-order valence-electron chi connectivity index (χ2n) is 5.63. The van der Waals surface area contributed by atoms with Crippen molar-refractivity contribution in [2.24, 2.45) is 0 Å². The summed E-state index contributed by atoms with van der Waals surface area (Å²) in [4.78, 5) is 4.07. The van der Waals surface area contributed by atoms with E-state index in [1.165, 1.54) is 22.7 Å². The smallest absolute Gasteiger partial charge is 0.184 e.